The number of benzene rings is 1. The fraction of sp³-hybridized carbons (Fsp3) is 0.412. The van der Waals surface area contributed by atoms with E-state index in [1.807, 2.05) is 0 Å². The Kier molecular flexibility index (Phi) is 5.23. The Morgan fingerprint density at radius 1 is 1.39 bits per heavy atom. The molecule has 0 bridgehead atoms. The van der Waals surface area contributed by atoms with Crippen molar-refractivity contribution < 1.29 is 27.5 Å². The number of esters is 1. The highest BCUT2D eigenvalue weighted by atomic mass is 19.4. The lowest BCUT2D eigenvalue weighted by Gasteiger charge is -2.15. The lowest BCUT2D eigenvalue weighted by atomic mass is 9.93. The molecule has 0 amide bonds. The molecule has 1 aliphatic rings. The second-order valence-corrected chi connectivity index (χ2v) is 5.41. The van der Waals surface area contributed by atoms with Crippen LogP contribution < -0.4 is 0 Å². The summed E-state index contributed by atoms with van der Waals surface area (Å²) in [6, 6.07) is 3.99. The van der Waals surface area contributed by atoms with E-state index in [0.717, 1.165) is 18.2 Å². The second kappa shape index (κ2) is 6.98. The molecule has 0 radical (unpaired) electrons. The first-order valence-electron chi connectivity index (χ1n) is 7.39. The molecule has 2 rings (SSSR count). The van der Waals surface area contributed by atoms with Gasteiger partial charge in [0.1, 0.15) is 5.78 Å². The molecule has 3 nitrogen and oxygen atoms in total. The number of ether oxygens (including phenoxy) is 1. The Hall–Kier alpha value is -2.11. The number of alkyl halides is 3. The first-order chi connectivity index (χ1) is 10.8. The van der Waals surface area contributed by atoms with Gasteiger partial charge in [0.25, 0.3) is 0 Å². The summed E-state index contributed by atoms with van der Waals surface area (Å²) in [6.07, 6.45) is -1.18. The number of rotatable bonds is 4. The molecule has 0 heterocycles. The van der Waals surface area contributed by atoms with Crippen molar-refractivity contribution in [3.8, 4) is 0 Å². The lowest BCUT2D eigenvalue weighted by Crippen LogP contribution is -2.09. The highest BCUT2D eigenvalue weighted by Gasteiger charge is 2.34. The SMILES string of the molecule is CCOC(=O)C=Cc1ccc(C2CCC(=O)C2)cc1C(F)(F)F. The number of ketones is 1. The summed E-state index contributed by atoms with van der Waals surface area (Å²) in [5, 5.41) is 0. The van der Waals surface area contributed by atoms with Gasteiger partial charge in [0.05, 0.1) is 12.2 Å². The number of hydrogen-bond acceptors (Lipinski definition) is 3. The molecular formula is C17H17F3O3. The Morgan fingerprint density at radius 3 is 2.70 bits per heavy atom. The molecule has 0 aromatic heterocycles. The summed E-state index contributed by atoms with van der Waals surface area (Å²) < 4.78 is 44.4. The lowest BCUT2D eigenvalue weighted by molar-refractivity contribution is -0.138. The van der Waals surface area contributed by atoms with E-state index >= 15 is 0 Å². The van der Waals surface area contributed by atoms with Gasteiger partial charge in [-0.15, -0.1) is 0 Å². The van der Waals surface area contributed by atoms with Crippen LogP contribution in [0.4, 0.5) is 13.2 Å². The molecule has 1 atom stereocenters. The standard InChI is InChI=1S/C17H17F3O3/c1-2-23-16(22)8-6-11-3-4-13(10-15(11)17(18,19)20)12-5-7-14(21)9-12/h3-4,6,8,10,12H,2,5,7,9H2,1H3. The third-order valence-electron chi connectivity index (χ3n) is 3.79. The minimum Gasteiger partial charge on any atom is -0.463 e. The van der Waals surface area contributed by atoms with Crippen LogP contribution in [0.2, 0.25) is 0 Å². The van der Waals surface area contributed by atoms with Gasteiger partial charge in [0.15, 0.2) is 0 Å². The predicted octanol–water partition coefficient (Wildman–Crippen LogP) is 4.12. The number of carbonyl (C=O) groups excluding carboxylic acids is 2. The molecule has 1 aliphatic carbocycles. The molecule has 23 heavy (non-hydrogen) atoms. The van der Waals surface area contributed by atoms with E-state index < -0.39 is 17.7 Å². The van der Waals surface area contributed by atoms with Gasteiger partial charge in [-0.3, -0.25) is 4.79 Å². The van der Waals surface area contributed by atoms with Crippen LogP contribution in [-0.4, -0.2) is 18.4 Å². The third kappa shape index (κ3) is 4.43. The maximum absolute atomic E-state index is 13.2. The minimum absolute atomic E-state index is 0.0786. The van der Waals surface area contributed by atoms with Crippen molar-refractivity contribution in [2.45, 2.75) is 38.3 Å². The van der Waals surface area contributed by atoms with E-state index in [1.165, 1.54) is 6.07 Å². The Bertz CT molecular complexity index is 632. The Balaban J connectivity index is 2.32. The molecule has 0 N–H and O–H groups in total. The largest absolute Gasteiger partial charge is 0.463 e. The quantitative estimate of drug-likeness (QED) is 0.617. The second-order valence-electron chi connectivity index (χ2n) is 5.41. The average Bonchev–Trinajstić information content (AvgIpc) is 2.91. The molecule has 1 fully saturated rings. The van der Waals surface area contributed by atoms with Crippen molar-refractivity contribution in [3.05, 3.63) is 41.0 Å². The van der Waals surface area contributed by atoms with E-state index in [9.17, 15) is 22.8 Å². The molecule has 0 spiro atoms. The monoisotopic (exact) mass is 326 g/mol. The van der Waals surface area contributed by atoms with E-state index in [-0.39, 0.29) is 30.3 Å². The van der Waals surface area contributed by atoms with Gasteiger partial charge in [-0.25, -0.2) is 4.79 Å². The summed E-state index contributed by atoms with van der Waals surface area (Å²) in [5.74, 6) is -0.771. The first kappa shape index (κ1) is 17.2. The van der Waals surface area contributed by atoms with Crippen LogP contribution in [0.1, 0.15) is 48.8 Å². The fourth-order valence-electron chi connectivity index (χ4n) is 2.67. The van der Waals surface area contributed by atoms with Gasteiger partial charge in [0.2, 0.25) is 0 Å². The number of Topliss-reactive ketones (excluding diaryl/α,β-unsaturated/α-hetero) is 1. The number of carbonyl (C=O) groups is 2. The first-order valence-corrected chi connectivity index (χ1v) is 7.39. The van der Waals surface area contributed by atoms with Crippen LogP contribution in [-0.2, 0) is 20.5 Å². The van der Waals surface area contributed by atoms with Crippen LogP contribution >= 0.6 is 0 Å². The van der Waals surface area contributed by atoms with Crippen LogP contribution in [0, 0.1) is 0 Å². The average molecular weight is 326 g/mol. The zero-order valence-electron chi connectivity index (χ0n) is 12.7. The molecule has 1 aromatic carbocycles. The van der Waals surface area contributed by atoms with Crippen molar-refractivity contribution >= 4 is 17.8 Å². The summed E-state index contributed by atoms with van der Waals surface area (Å²) in [6.45, 7) is 1.77. The van der Waals surface area contributed by atoms with E-state index in [0.29, 0.717) is 18.4 Å². The molecule has 0 aliphatic heterocycles. The van der Waals surface area contributed by atoms with Crippen LogP contribution in [0.15, 0.2) is 24.3 Å². The van der Waals surface area contributed by atoms with Crippen molar-refractivity contribution in [1.29, 1.82) is 0 Å². The van der Waals surface area contributed by atoms with Crippen LogP contribution in [0.25, 0.3) is 6.08 Å². The van der Waals surface area contributed by atoms with Gasteiger partial charge >= 0.3 is 12.1 Å². The van der Waals surface area contributed by atoms with Crippen molar-refractivity contribution in [2.75, 3.05) is 6.61 Å². The molecular weight excluding hydrogens is 309 g/mol. The summed E-state index contributed by atoms with van der Waals surface area (Å²) in [4.78, 5) is 22.6. The zero-order chi connectivity index (χ0) is 17.0. The Morgan fingerprint density at radius 2 is 2.13 bits per heavy atom. The molecule has 0 saturated heterocycles. The van der Waals surface area contributed by atoms with Gasteiger partial charge in [-0.05, 0) is 42.5 Å². The zero-order valence-corrected chi connectivity index (χ0v) is 12.7. The highest BCUT2D eigenvalue weighted by Crippen LogP contribution is 2.38. The van der Waals surface area contributed by atoms with Crippen molar-refractivity contribution in [3.63, 3.8) is 0 Å². The minimum atomic E-state index is -4.53. The Labute approximate surface area is 132 Å². The predicted molar refractivity (Wildman–Crippen MR) is 78.7 cm³/mol. The third-order valence-corrected chi connectivity index (χ3v) is 3.79. The smallest absolute Gasteiger partial charge is 0.416 e. The molecule has 1 unspecified atom stereocenters. The summed E-state index contributed by atoms with van der Waals surface area (Å²) in [7, 11) is 0. The maximum Gasteiger partial charge on any atom is 0.416 e. The molecule has 1 aromatic rings. The molecule has 124 valence electrons. The molecule has 6 heteroatoms. The van der Waals surface area contributed by atoms with E-state index in [1.54, 1.807) is 13.0 Å². The van der Waals surface area contributed by atoms with Crippen molar-refractivity contribution in [2.24, 2.45) is 0 Å². The van der Waals surface area contributed by atoms with Gasteiger partial charge < -0.3 is 4.74 Å². The number of hydrogen-bond donors (Lipinski definition) is 0. The summed E-state index contributed by atoms with van der Waals surface area (Å²) in [5.41, 5.74) is -0.398. The molecule has 1 saturated carbocycles. The van der Waals surface area contributed by atoms with Crippen molar-refractivity contribution in [1.82, 2.24) is 0 Å². The van der Waals surface area contributed by atoms with Gasteiger partial charge in [0, 0.05) is 18.9 Å². The normalized spacial score (nSPS) is 18.6. The van der Waals surface area contributed by atoms with E-state index in [4.69, 9.17) is 0 Å². The highest BCUT2D eigenvalue weighted by molar-refractivity contribution is 5.87. The topological polar surface area (TPSA) is 43.4 Å². The van der Waals surface area contributed by atoms with Gasteiger partial charge in [-0.2, -0.15) is 13.2 Å². The van der Waals surface area contributed by atoms with E-state index in [2.05, 4.69) is 4.74 Å². The summed E-state index contributed by atoms with van der Waals surface area (Å²) >= 11 is 0. The van der Waals surface area contributed by atoms with Gasteiger partial charge in [-0.1, -0.05) is 12.1 Å². The maximum atomic E-state index is 13.2. The van der Waals surface area contributed by atoms with Crippen LogP contribution in [0.5, 0.6) is 0 Å². The fourth-order valence-corrected chi connectivity index (χ4v) is 2.67. The number of halogens is 3. The van der Waals surface area contributed by atoms with Crippen LogP contribution in [0.3, 0.4) is 0 Å².